The van der Waals surface area contributed by atoms with Crippen LogP contribution in [-0.4, -0.2) is 11.2 Å². The van der Waals surface area contributed by atoms with Crippen molar-refractivity contribution in [2.75, 3.05) is 0 Å². The standard InChI is InChI=1S/C8H16O/c1-2-7-5-3-4-6-8(7)9/h7-9H,2-6H2,1H3/t7-,8-/m0/s1. The maximum Gasteiger partial charge on any atom is 0.0568 e. The van der Waals surface area contributed by atoms with Gasteiger partial charge >= 0.3 is 0 Å². The Morgan fingerprint density at radius 2 is 2.00 bits per heavy atom. The van der Waals surface area contributed by atoms with Gasteiger partial charge in [0.1, 0.15) is 0 Å². The van der Waals surface area contributed by atoms with Crippen molar-refractivity contribution in [3.05, 3.63) is 0 Å². The van der Waals surface area contributed by atoms with Crippen LogP contribution in [-0.2, 0) is 0 Å². The molecule has 1 saturated carbocycles. The van der Waals surface area contributed by atoms with Crippen LogP contribution in [0.15, 0.2) is 0 Å². The Labute approximate surface area is 57.1 Å². The van der Waals surface area contributed by atoms with Crippen molar-refractivity contribution in [2.24, 2.45) is 5.92 Å². The minimum absolute atomic E-state index is 0.0174. The van der Waals surface area contributed by atoms with Crippen LogP contribution in [0.1, 0.15) is 39.0 Å². The van der Waals surface area contributed by atoms with Gasteiger partial charge in [-0.1, -0.05) is 26.2 Å². The third-order valence-corrected chi connectivity index (χ3v) is 2.39. The summed E-state index contributed by atoms with van der Waals surface area (Å²) in [6.07, 6.45) is 6.02. The predicted molar refractivity (Wildman–Crippen MR) is 38.3 cm³/mol. The summed E-state index contributed by atoms with van der Waals surface area (Å²) in [5.74, 6) is 0.610. The van der Waals surface area contributed by atoms with E-state index in [0.29, 0.717) is 5.92 Å². The molecule has 1 aliphatic rings. The van der Waals surface area contributed by atoms with E-state index in [9.17, 15) is 5.11 Å². The molecule has 0 spiro atoms. The quantitative estimate of drug-likeness (QED) is 0.572. The number of rotatable bonds is 1. The molecule has 0 aromatic carbocycles. The molecule has 0 amide bonds. The molecule has 1 heteroatoms. The SMILES string of the molecule is CC[C@H]1CCCC[C@@H]1O. The second-order valence-electron chi connectivity index (χ2n) is 3.02. The molecule has 1 N–H and O–H groups in total. The lowest BCUT2D eigenvalue weighted by molar-refractivity contribution is 0.0680. The molecule has 0 aromatic rings. The second-order valence-corrected chi connectivity index (χ2v) is 3.02. The van der Waals surface area contributed by atoms with E-state index in [4.69, 9.17) is 0 Å². The van der Waals surface area contributed by atoms with Gasteiger partial charge in [0, 0.05) is 0 Å². The first-order valence-electron chi connectivity index (χ1n) is 4.02. The molecular formula is C8H16O. The summed E-state index contributed by atoms with van der Waals surface area (Å²) in [6, 6.07) is 0. The van der Waals surface area contributed by atoms with Gasteiger partial charge in [0.2, 0.25) is 0 Å². The van der Waals surface area contributed by atoms with Gasteiger partial charge in [-0.25, -0.2) is 0 Å². The maximum atomic E-state index is 9.37. The first-order valence-corrected chi connectivity index (χ1v) is 4.02. The molecule has 0 aliphatic heterocycles. The van der Waals surface area contributed by atoms with Gasteiger partial charge in [0.05, 0.1) is 6.10 Å². The third kappa shape index (κ3) is 1.68. The number of hydrogen-bond donors (Lipinski definition) is 1. The summed E-state index contributed by atoms with van der Waals surface area (Å²) >= 11 is 0. The average Bonchev–Trinajstić information content (AvgIpc) is 1.89. The van der Waals surface area contributed by atoms with Gasteiger partial charge in [-0.2, -0.15) is 0 Å². The molecule has 0 aromatic heterocycles. The van der Waals surface area contributed by atoms with Gasteiger partial charge < -0.3 is 5.11 Å². The normalized spacial score (nSPS) is 36.7. The summed E-state index contributed by atoms with van der Waals surface area (Å²) in [7, 11) is 0. The Morgan fingerprint density at radius 3 is 2.44 bits per heavy atom. The van der Waals surface area contributed by atoms with Gasteiger partial charge in [-0.3, -0.25) is 0 Å². The Bertz CT molecular complexity index is 80.6. The smallest absolute Gasteiger partial charge is 0.0568 e. The lowest BCUT2D eigenvalue weighted by atomic mass is 9.85. The molecule has 54 valence electrons. The molecule has 1 rings (SSSR count). The highest BCUT2D eigenvalue weighted by atomic mass is 16.3. The topological polar surface area (TPSA) is 20.2 Å². The van der Waals surface area contributed by atoms with E-state index in [1.165, 1.54) is 19.3 Å². The molecule has 0 heterocycles. The van der Waals surface area contributed by atoms with Crippen molar-refractivity contribution >= 4 is 0 Å². The van der Waals surface area contributed by atoms with Crippen LogP contribution in [0, 0.1) is 5.92 Å². The van der Waals surface area contributed by atoms with E-state index in [1.54, 1.807) is 0 Å². The van der Waals surface area contributed by atoms with Crippen molar-refractivity contribution < 1.29 is 5.11 Å². The minimum atomic E-state index is 0.0174. The van der Waals surface area contributed by atoms with E-state index in [1.807, 2.05) is 0 Å². The Morgan fingerprint density at radius 1 is 1.33 bits per heavy atom. The van der Waals surface area contributed by atoms with E-state index in [2.05, 4.69) is 6.92 Å². The molecule has 0 saturated heterocycles. The first-order chi connectivity index (χ1) is 4.34. The number of aliphatic hydroxyl groups excluding tert-OH is 1. The molecule has 2 atom stereocenters. The summed E-state index contributed by atoms with van der Waals surface area (Å²) in [5, 5.41) is 9.37. The van der Waals surface area contributed by atoms with Crippen LogP contribution in [0.3, 0.4) is 0 Å². The molecule has 0 bridgehead atoms. The zero-order valence-corrected chi connectivity index (χ0v) is 6.14. The van der Waals surface area contributed by atoms with Crippen LogP contribution in [0.2, 0.25) is 0 Å². The third-order valence-electron chi connectivity index (χ3n) is 2.39. The molecule has 9 heavy (non-hydrogen) atoms. The van der Waals surface area contributed by atoms with Gasteiger partial charge in [-0.15, -0.1) is 0 Å². The summed E-state index contributed by atoms with van der Waals surface area (Å²) in [4.78, 5) is 0. The molecule has 1 fully saturated rings. The summed E-state index contributed by atoms with van der Waals surface area (Å²) in [5.41, 5.74) is 0. The lowest BCUT2D eigenvalue weighted by Gasteiger charge is -2.25. The predicted octanol–water partition coefficient (Wildman–Crippen LogP) is 1.95. The molecule has 0 unspecified atom stereocenters. The zero-order valence-electron chi connectivity index (χ0n) is 6.14. The first kappa shape index (κ1) is 7.07. The molecule has 0 radical (unpaired) electrons. The summed E-state index contributed by atoms with van der Waals surface area (Å²) in [6.45, 7) is 2.17. The minimum Gasteiger partial charge on any atom is -0.393 e. The summed E-state index contributed by atoms with van der Waals surface area (Å²) < 4.78 is 0. The van der Waals surface area contributed by atoms with Gasteiger partial charge in [0.25, 0.3) is 0 Å². The Hall–Kier alpha value is -0.0400. The molecule has 1 aliphatic carbocycles. The molecule has 1 nitrogen and oxygen atoms in total. The maximum absolute atomic E-state index is 9.37. The number of hydrogen-bond acceptors (Lipinski definition) is 1. The molecular weight excluding hydrogens is 112 g/mol. The van der Waals surface area contributed by atoms with Crippen molar-refractivity contribution in [3.8, 4) is 0 Å². The lowest BCUT2D eigenvalue weighted by Crippen LogP contribution is -2.23. The van der Waals surface area contributed by atoms with Crippen LogP contribution < -0.4 is 0 Å². The van der Waals surface area contributed by atoms with E-state index >= 15 is 0 Å². The van der Waals surface area contributed by atoms with Crippen LogP contribution >= 0.6 is 0 Å². The van der Waals surface area contributed by atoms with Gasteiger partial charge in [0.15, 0.2) is 0 Å². The van der Waals surface area contributed by atoms with Crippen LogP contribution in [0.25, 0.3) is 0 Å². The van der Waals surface area contributed by atoms with E-state index in [0.717, 1.165) is 12.8 Å². The number of aliphatic hydroxyl groups is 1. The average molecular weight is 128 g/mol. The fraction of sp³-hybridized carbons (Fsp3) is 1.00. The van der Waals surface area contributed by atoms with Crippen LogP contribution in [0.5, 0.6) is 0 Å². The van der Waals surface area contributed by atoms with Crippen molar-refractivity contribution in [2.45, 2.75) is 45.1 Å². The highest BCUT2D eigenvalue weighted by Crippen LogP contribution is 2.26. The van der Waals surface area contributed by atoms with Crippen LogP contribution in [0.4, 0.5) is 0 Å². The van der Waals surface area contributed by atoms with E-state index in [-0.39, 0.29) is 6.10 Å². The van der Waals surface area contributed by atoms with Crippen molar-refractivity contribution in [1.82, 2.24) is 0 Å². The fourth-order valence-electron chi connectivity index (χ4n) is 1.66. The van der Waals surface area contributed by atoms with E-state index < -0.39 is 0 Å². The van der Waals surface area contributed by atoms with Crippen molar-refractivity contribution in [1.29, 1.82) is 0 Å². The highest BCUT2D eigenvalue weighted by Gasteiger charge is 2.20. The second kappa shape index (κ2) is 3.21. The monoisotopic (exact) mass is 128 g/mol. The van der Waals surface area contributed by atoms with Gasteiger partial charge in [-0.05, 0) is 18.8 Å². The zero-order chi connectivity index (χ0) is 6.69. The fourth-order valence-corrected chi connectivity index (χ4v) is 1.66. The van der Waals surface area contributed by atoms with Crippen molar-refractivity contribution in [3.63, 3.8) is 0 Å². The Balaban J connectivity index is 2.30. The largest absolute Gasteiger partial charge is 0.393 e. The Kier molecular flexibility index (Phi) is 2.52. The highest BCUT2D eigenvalue weighted by molar-refractivity contribution is 4.72.